The van der Waals surface area contributed by atoms with Crippen molar-refractivity contribution in [2.75, 3.05) is 32.9 Å². The molecular formula is C13H27NO2. The van der Waals surface area contributed by atoms with Crippen molar-refractivity contribution in [3.05, 3.63) is 0 Å². The number of nitrogens with one attached hydrogen (secondary N) is 1. The van der Waals surface area contributed by atoms with Gasteiger partial charge in [-0.15, -0.1) is 0 Å². The Morgan fingerprint density at radius 3 is 2.81 bits per heavy atom. The van der Waals surface area contributed by atoms with Gasteiger partial charge in [0.1, 0.15) is 0 Å². The molecule has 1 N–H and O–H groups in total. The third-order valence-electron chi connectivity index (χ3n) is 3.17. The van der Waals surface area contributed by atoms with Crippen molar-refractivity contribution in [3.8, 4) is 0 Å². The maximum absolute atomic E-state index is 5.88. The highest BCUT2D eigenvalue weighted by Crippen LogP contribution is 2.16. The molecule has 96 valence electrons. The van der Waals surface area contributed by atoms with Crippen molar-refractivity contribution in [1.82, 2.24) is 5.32 Å². The van der Waals surface area contributed by atoms with Gasteiger partial charge in [0.15, 0.2) is 0 Å². The summed E-state index contributed by atoms with van der Waals surface area (Å²) in [5, 5.41) is 3.34. The summed E-state index contributed by atoms with van der Waals surface area (Å²) in [5.74, 6) is 0.727. The fraction of sp³-hybridized carbons (Fsp3) is 1.00. The Balaban J connectivity index is 1.94. The van der Waals surface area contributed by atoms with Crippen LogP contribution in [0, 0.1) is 5.92 Å². The van der Waals surface area contributed by atoms with E-state index in [0.29, 0.717) is 6.10 Å². The molecule has 0 aliphatic carbocycles. The highest BCUT2D eigenvalue weighted by atomic mass is 16.5. The van der Waals surface area contributed by atoms with Crippen LogP contribution >= 0.6 is 0 Å². The number of hydrogen-bond donors (Lipinski definition) is 1. The quantitative estimate of drug-likeness (QED) is 0.647. The summed E-state index contributed by atoms with van der Waals surface area (Å²) in [6, 6.07) is 0. The van der Waals surface area contributed by atoms with E-state index >= 15 is 0 Å². The van der Waals surface area contributed by atoms with Crippen molar-refractivity contribution in [1.29, 1.82) is 0 Å². The lowest BCUT2D eigenvalue weighted by Crippen LogP contribution is -2.23. The minimum atomic E-state index is 0.404. The first-order valence-electron chi connectivity index (χ1n) is 6.73. The number of hydrogen-bond acceptors (Lipinski definition) is 3. The third kappa shape index (κ3) is 6.46. The lowest BCUT2D eigenvalue weighted by Gasteiger charge is -2.23. The summed E-state index contributed by atoms with van der Waals surface area (Å²) >= 11 is 0. The molecule has 1 rings (SSSR count). The van der Waals surface area contributed by atoms with Gasteiger partial charge in [-0.05, 0) is 51.6 Å². The Hall–Kier alpha value is -0.120. The Morgan fingerprint density at radius 1 is 1.38 bits per heavy atom. The van der Waals surface area contributed by atoms with Crippen LogP contribution in [0.5, 0.6) is 0 Å². The summed E-state index contributed by atoms with van der Waals surface area (Å²) in [6.45, 7) is 9.27. The smallest absolute Gasteiger partial charge is 0.0547 e. The van der Waals surface area contributed by atoms with Gasteiger partial charge >= 0.3 is 0 Å². The molecule has 0 bridgehead atoms. The molecule has 1 aliphatic heterocycles. The van der Waals surface area contributed by atoms with Crippen molar-refractivity contribution in [2.45, 2.75) is 45.6 Å². The molecule has 1 aliphatic rings. The normalized spacial score (nSPS) is 19.9. The van der Waals surface area contributed by atoms with Crippen LogP contribution in [0.25, 0.3) is 0 Å². The van der Waals surface area contributed by atoms with Crippen LogP contribution in [-0.4, -0.2) is 39.0 Å². The van der Waals surface area contributed by atoms with Gasteiger partial charge in [0.2, 0.25) is 0 Å². The topological polar surface area (TPSA) is 30.5 Å². The molecule has 1 atom stereocenters. The van der Waals surface area contributed by atoms with Crippen LogP contribution in [-0.2, 0) is 9.47 Å². The maximum atomic E-state index is 5.88. The number of rotatable bonds is 8. The molecule has 16 heavy (non-hydrogen) atoms. The molecule has 1 heterocycles. The van der Waals surface area contributed by atoms with Gasteiger partial charge in [-0.3, -0.25) is 0 Å². The van der Waals surface area contributed by atoms with Crippen LogP contribution in [0.1, 0.15) is 39.5 Å². The van der Waals surface area contributed by atoms with Gasteiger partial charge in [-0.2, -0.15) is 0 Å². The highest BCUT2D eigenvalue weighted by molar-refractivity contribution is 4.63. The standard InChI is InChI=1S/C13H27NO2/c1-3-14-8-4-5-12(2)16-11-13-6-9-15-10-7-13/h12-14H,3-11H2,1-2H3. The third-order valence-corrected chi connectivity index (χ3v) is 3.17. The summed E-state index contributed by atoms with van der Waals surface area (Å²) in [4.78, 5) is 0. The lowest BCUT2D eigenvalue weighted by atomic mass is 10.0. The monoisotopic (exact) mass is 229 g/mol. The second-order valence-electron chi connectivity index (χ2n) is 4.70. The van der Waals surface area contributed by atoms with E-state index in [2.05, 4.69) is 19.2 Å². The molecule has 0 aromatic heterocycles. The second kappa shape index (κ2) is 8.97. The summed E-state index contributed by atoms with van der Waals surface area (Å²) in [5.41, 5.74) is 0. The molecule has 3 nitrogen and oxygen atoms in total. The Kier molecular flexibility index (Phi) is 7.81. The van der Waals surface area contributed by atoms with E-state index < -0.39 is 0 Å². The Labute approximate surface area is 99.9 Å². The van der Waals surface area contributed by atoms with Gasteiger partial charge < -0.3 is 14.8 Å². The van der Waals surface area contributed by atoms with Crippen LogP contribution in [0.15, 0.2) is 0 Å². The SMILES string of the molecule is CCNCCCC(C)OCC1CCOCC1. The number of ether oxygens (including phenoxy) is 2. The van der Waals surface area contributed by atoms with Crippen molar-refractivity contribution < 1.29 is 9.47 Å². The molecule has 0 amide bonds. The Bertz CT molecular complexity index is 158. The molecule has 0 spiro atoms. The molecule has 1 saturated heterocycles. The largest absolute Gasteiger partial charge is 0.381 e. The van der Waals surface area contributed by atoms with Crippen molar-refractivity contribution in [2.24, 2.45) is 5.92 Å². The first kappa shape index (κ1) is 13.9. The zero-order valence-electron chi connectivity index (χ0n) is 10.8. The fourth-order valence-electron chi connectivity index (χ4n) is 1.99. The Morgan fingerprint density at radius 2 is 2.12 bits per heavy atom. The van der Waals surface area contributed by atoms with Gasteiger partial charge in [0.25, 0.3) is 0 Å². The molecule has 1 fully saturated rings. The molecule has 0 radical (unpaired) electrons. The molecule has 3 heteroatoms. The fourth-order valence-corrected chi connectivity index (χ4v) is 1.99. The van der Waals surface area contributed by atoms with E-state index in [-0.39, 0.29) is 0 Å². The van der Waals surface area contributed by atoms with Gasteiger partial charge in [-0.25, -0.2) is 0 Å². The van der Waals surface area contributed by atoms with Gasteiger partial charge in [0.05, 0.1) is 6.10 Å². The highest BCUT2D eigenvalue weighted by Gasteiger charge is 2.14. The maximum Gasteiger partial charge on any atom is 0.0547 e. The van der Waals surface area contributed by atoms with Crippen LogP contribution in [0.2, 0.25) is 0 Å². The molecule has 0 aromatic carbocycles. The van der Waals surface area contributed by atoms with Crippen LogP contribution < -0.4 is 5.32 Å². The predicted octanol–water partition coefficient (Wildman–Crippen LogP) is 2.21. The van der Waals surface area contributed by atoms with E-state index in [4.69, 9.17) is 9.47 Å². The molecule has 0 aromatic rings. The van der Waals surface area contributed by atoms with E-state index in [0.717, 1.165) is 45.2 Å². The molecule has 1 unspecified atom stereocenters. The van der Waals surface area contributed by atoms with Crippen molar-refractivity contribution in [3.63, 3.8) is 0 Å². The molecule has 0 saturated carbocycles. The van der Waals surface area contributed by atoms with E-state index in [1.54, 1.807) is 0 Å². The summed E-state index contributed by atoms with van der Waals surface area (Å²) < 4.78 is 11.2. The van der Waals surface area contributed by atoms with Gasteiger partial charge in [-0.1, -0.05) is 6.92 Å². The summed E-state index contributed by atoms with van der Waals surface area (Å²) in [6.07, 6.45) is 5.12. The van der Waals surface area contributed by atoms with E-state index in [9.17, 15) is 0 Å². The summed E-state index contributed by atoms with van der Waals surface area (Å²) in [7, 11) is 0. The average molecular weight is 229 g/mol. The second-order valence-corrected chi connectivity index (χ2v) is 4.70. The first-order valence-corrected chi connectivity index (χ1v) is 6.73. The zero-order valence-corrected chi connectivity index (χ0v) is 10.8. The van der Waals surface area contributed by atoms with Gasteiger partial charge in [0, 0.05) is 19.8 Å². The average Bonchev–Trinajstić information content (AvgIpc) is 2.33. The molecular weight excluding hydrogens is 202 g/mol. The first-order chi connectivity index (χ1) is 7.83. The van der Waals surface area contributed by atoms with Crippen molar-refractivity contribution >= 4 is 0 Å². The predicted molar refractivity (Wildman–Crippen MR) is 66.7 cm³/mol. The van der Waals surface area contributed by atoms with Crippen LogP contribution in [0.3, 0.4) is 0 Å². The van der Waals surface area contributed by atoms with E-state index in [1.807, 2.05) is 0 Å². The van der Waals surface area contributed by atoms with Crippen LogP contribution in [0.4, 0.5) is 0 Å². The minimum Gasteiger partial charge on any atom is -0.381 e. The minimum absolute atomic E-state index is 0.404. The lowest BCUT2D eigenvalue weighted by molar-refractivity contribution is -0.00762. The van der Waals surface area contributed by atoms with E-state index in [1.165, 1.54) is 19.3 Å². The zero-order chi connectivity index (χ0) is 11.6.